The number of rotatable bonds is 8. The van der Waals surface area contributed by atoms with Crippen LogP contribution in [0.1, 0.15) is 61.4 Å². The van der Waals surface area contributed by atoms with Crippen molar-refractivity contribution in [2.75, 3.05) is 0 Å². The normalized spacial score (nSPS) is 15.9. The van der Waals surface area contributed by atoms with Gasteiger partial charge in [0.05, 0.1) is 11.6 Å². The maximum absolute atomic E-state index is 13.0. The molecule has 0 spiro atoms. The molecule has 0 radical (unpaired) electrons. The number of fused-ring (bicyclic) bond motifs is 1. The lowest BCUT2D eigenvalue weighted by Gasteiger charge is -2.26. The van der Waals surface area contributed by atoms with Gasteiger partial charge in [0, 0.05) is 13.0 Å². The molecular formula is C27H29NO3. The van der Waals surface area contributed by atoms with Crippen LogP contribution in [-0.4, -0.2) is 21.9 Å². The number of hydrogen-bond donors (Lipinski definition) is 1. The Morgan fingerprint density at radius 1 is 1.19 bits per heavy atom. The lowest BCUT2D eigenvalue weighted by molar-refractivity contribution is -0.133. The number of nitrogens with zero attached hydrogens (tertiary/aromatic N) is 1. The summed E-state index contributed by atoms with van der Waals surface area (Å²) in [6.45, 7) is 8.23. The van der Waals surface area contributed by atoms with Crippen LogP contribution in [-0.2, 0) is 16.1 Å². The second-order valence-corrected chi connectivity index (χ2v) is 7.74. The number of carboxylic acid groups (broad SMARTS) is 1. The summed E-state index contributed by atoms with van der Waals surface area (Å²) in [6.07, 6.45) is 7.80. The van der Waals surface area contributed by atoms with Crippen molar-refractivity contribution in [1.29, 1.82) is 0 Å². The Morgan fingerprint density at radius 3 is 2.58 bits per heavy atom. The molecule has 2 aromatic rings. The largest absolute Gasteiger partial charge is 0.478 e. The molecule has 1 atom stereocenters. The fourth-order valence-corrected chi connectivity index (χ4v) is 4.00. The molecule has 1 aliphatic heterocycles. The van der Waals surface area contributed by atoms with Gasteiger partial charge in [-0.25, -0.2) is 4.79 Å². The molecule has 0 aromatic heterocycles. The van der Waals surface area contributed by atoms with Crippen molar-refractivity contribution in [3.8, 4) is 0 Å². The maximum atomic E-state index is 13.0. The average Bonchev–Trinajstić information content (AvgIpc) is 3.17. The van der Waals surface area contributed by atoms with Crippen molar-refractivity contribution in [3.63, 3.8) is 0 Å². The highest BCUT2D eigenvalue weighted by atomic mass is 16.4. The van der Waals surface area contributed by atoms with Gasteiger partial charge < -0.3 is 10.0 Å². The van der Waals surface area contributed by atoms with Crippen molar-refractivity contribution in [3.05, 3.63) is 101 Å². The van der Waals surface area contributed by atoms with E-state index in [0.29, 0.717) is 18.5 Å². The summed E-state index contributed by atoms with van der Waals surface area (Å²) < 4.78 is 0. The van der Waals surface area contributed by atoms with Gasteiger partial charge in [-0.3, -0.25) is 4.79 Å². The number of aliphatic carboxylic acids is 1. The molecule has 31 heavy (non-hydrogen) atoms. The van der Waals surface area contributed by atoms with Gasteiger partial charge >= 0.3 is 5.97 Å². The first-order chi connectivity index (χ1) is 15.0. The van der Waals surface area contributed by atoms with E-state index >= 15 is 0 Å². The second-order valence-electron chi connectivity index (χ2n) is 7.74. The monoisotopic (exact) mass is 415 g/mol. The van der Waals surface area contributed by atoms with Crippen molar-refractivity contribution in [2.45, 2.75) is 45.7 Å². The number of amides is 1. The number of carbonyl (C=O) groups is 2. The zero-order chi connectivity index (χ0) is 22.4. The highest BCUT2D eigenvalue weighted by Gasteiger charge is 2.34. The lowest BCUT2D eigenvalue weighted by atomic mass is 9.92. The molecule has 1 amide bonds. The Morgan fingerprint density at radius 2 is 1.94 bits per heavy atom. The zero-order valence-electron chi connectivity index (χ0n) is 18.2. The molecule has 0 bridgehead atoms. The Hall–Kier alpha value is -3.40. The molecule has 0 saturated carbocycles. The van der Waals surface area contributed by atoms with E-state index in [2.05, 4.69) is 25.6 Å². The molecule has 160 valence electrons. The molecule has 3 rings (SSSR count). The van der Waals surface area contributed by atoms with Gasteiger partial charge in [0.2, 0.25) is 5.91 Å². The first kappa shape index (κ1) is 22.3. The van der Waals surface area contributed by atoms with Crippen LogP contribution < -0.4 is 0 Å². The quantitative estimate of drug-likeness (QED) is 0.431. The number of benzene rings is 2. The predicted molar refractivity (Wildman–Crippen MR) is 124 cm³/mol. The van der Waals surface area contributed by atoms with E-state index in [4.69, 9.17) is 0 Å². The van der Waals surface area contributed by atoms with Crippen LogP contribution in [0.25, 0.3) is 5.57 Å². The van der Waals surface area contributed by atoms with Crippen molar-refractivity contribution in [2.24, 2.45) is 0 Å². The van der Waals surface area contributed by atoms with Gasteiger partial charge in [-0.2, -0.15) is 0 Å². The third-order valence-electron chi connectivity index (χ3n) is 5.62. The fourth-order valence-electron chi connectivity index (χ4n) is 4.00. The minimum absolute atomic E-state index is 0.0477. The van der Waals surface area contributed by atoms with Gasteiger partial charge in [0.1, 0.15) is 0 Å². The molecule has 0 fully saturated rings. The first-order valence-corrected chi connectivity index (χ1v) is 10.7. The van der Waals surface area contributed by atoms with Crippen LogP contribution in [0.15, 0.2) is 78.9 Å². The standard InChI is InChI=1S/C27H29NO3/c1-4-6-13-23(19(3)27(30)31)21-15-16-24-22(17-21)18-28(25(29)14-7-5-2)26(24)20-11-9-8-10-12-20/h4,6,8-13,15-17,26H,3,5,7,14,18H2,1-2H3,(H,30,31)/b6-4-,23-13+. The molecule has 0 saturated heterocycles. The number of allylic oxidation sites excluding steroid dienone is 3. The van der Waals surface area contributed by atoms with Crippen LogP contribution in [0.2, 0.25) is 0 Å². The SMILES string of the molecule is C=C(C(=O)O)/C(=C\C=C/C)c1ccc2c(c1)CN(C(=O)CCCC)C2c1ccccc1. The molecule has 4 heteroatoms. The highest BCUT2D eigenvalue weighted by molar-refractivity contribution is 6.05. The third-order valence-corrected chi connectivity index (χ3v) is 5.62. The number of carboxylic acids is 1. The van der Waals surface area contributed by atoms with Crippen LogP contribution in [0, 0.1) is 0 Å². The molecule has 4 nitrogen and oxygen atoms in total. The van der Waals surface area contributed by atoms with E-state index in [1.54, 1.807) is 6.08 Å². The Balaban J connectivity index is 2.05. The Labute approximate surface area is 184 Å². The molecular weight excluding hydrogens is 386 g/mol. The van der Waals surface area contributed by atoms with Gasteiger partial charge in [-0.05, 0) is 47.2 Å². The molecule has 0 aliphatic carbocycles. The summed E-state index contributed by atoms with van der Waals surface area (Å²) in [4.78, 5) is 26.5. The molecule has 1 unspecified atom stereocenters. The fraction of sp³-hybridized carbons (Fsp3) is 0.259. The van der Waals surface area contributed by atoms with Gasteiger partial charge in [0.15, 0.2) is 0 Å². The predicted octanol–water partition coefficient (Wildman–Crippen LogP) is 5.91. The molecule has 1 aliphatic rings. The van der Waals surface area contributed by atoms with Crippen LogP contribution in [0.4, 0.5) is 0 Å². The number of carbonyl (C=O) groups excluding carboxylic acids is 1. The zero-order valence-corrected chi connectivity index (χ0v) is 18.2. The van der Waals surface area contributed by atoms with E-state index in [9.17, 15) is 14.7 Å². The topological polar surface area (TPSA) is 57.6 Å². The van der Waals surface area contributed by atoms with E-state index in [0.717, 1.165) is 35.1 Å². The van der Waals surface area contributed by atoms with E-state index in [-0.39, 0.29) is 17.5 Å². The minimum Gasteiger partial charge on any atom is -0.478 e. The van der Waals surface area contributed by atoms with Crippen molar-refractivity contribution in [1.82, 2.24) is 4.90 Å². The maximum Gasteiger partial charge on any atom is 0.335 e. The van der Waals surface area contributed by atoms with E-state index in [1.807, 2.05) is 60.4 Å². The summed E-state index contributed by atoms with van der Waals surface area (Å²) in [5.41, 5.74) is 4.62. The molecule has 1 heterocycles. The van der Waals surface area contributed by atoms with Crippen molar-refractivity contribution < 1.29 is 14.7 Å². The van der Waals surface area contributed by atoms with Crippen LogP contribution in [0.5, 0.6) is 0 Å². The first-order valence-electron chi connectivity index (χ1n) is 10.7. The van der Waals surface area contributed by atoms with E-state index < -0.39 is 5.97 Å². The van der Waals surface area contributed by atoms with Gasteiger partial charge in [-0.15, -0.1) is 0 Å². The molecule has 2 aromatic carbocycles. The number of hydrogen-bond acceptors (Lipinski definition) is 2. The molecule has 1 N–H and O–H groups in total. The smallest absolute Gasteiger partial charge is 0.335 e. The van der Waals surface area contributed by atoms with E-state index in [1.165, 1.54) is 0 Å². The van der Waals surface area contributed by atoms with Crippen LogP contribution >= 0.6 is 0 Å². The summed E-state index contributed by atoms with van der Waals surface area (Å²) in [5, 5.41) is 9.48. The average molecular weight is 416 g/mol. The Kier molecular flexibility index (Phi) is 7.24. The highest BCUT2D eigenvalue weighted by Crippen LogP contribution is 2.40. The lowest BCUT2D eigenvalue weighted by Crippen LogP contribution is -2.29. The summed E-state index contributed by atoms with van der Waals surface area (Å²) >= 11 is 0. The summed E-state index contributed by atoms with van der Waals surface area (Å²) in [6, 6.07) is 15.9. The van der Waals surface area contributed by atoms with Gasteiger partial charge in [0.25, 0.3) is 0 Å². The summed E-state index contributed by atoms with van der Waals surface area (Å²) in [5.74, 6) is -0.900. The third kappa shape index (κ3) is 4.85. The van der Waals surface area contributed by atoms with Gasteiger partial charge in [-0.1, -0.05) is 80.6 Å². The summed E-state index contributed by atoms with van der Waals surface area (Å²) in [7, 11) is 0. The Bertz CT molecular complexity index is 1030. The second kappa shape index (κ2) is 10.1. The number of unbranched alkanes of at least 4 members (excludes halogenated alkanes) is 1. The van der Waals surface area contributed by atoms with Crippen LogP contribution in [0.3, 0.4) is 0 Å². The minimum atomic E-state index is -1.05. The van der Waals surface area contributed by atoms with Crippen molar-refractivity contribution >= 4 is 17.4 Å².